The second-order valence-electron chi connectivity index (χ2n) is 7.05. The zero-order valence-electron chi connectivity index (χ0n) is 15.5. The summed E-state index contributed by atoms with van der Waals surface area (Å²) in [6.07, 6.45) is 3.20. The van der Waals surface area contributed by atoms with Crippen molar-refractivity contribution < 1.29 is 4.79 Å². The number of aryl methyl sites for hydroxylation is 2. The Hall–Kier alpha value is -2.18. The van der Waals surface area contributed by atoms with Gasteiger partial charge in [0.25, 0.3) is 5.91 Å². The van der Waals surface area contributed by atoms with Gasteiger partial charge in [0.05, 0.1) is 10.6 Å². The number of amides is 1. The first-order valence-electron chi connectivity index (χ1n) is 9.01. The minimum absolute atomic E-state index is 0.0303. The number of thiophene rings is 1. The highest BCUT2D eigenvalue weighted by molar-refractivity contribution is 7.21. The molecule has 1 saturated heterocycles. The second-order valence-corrected chi connectivity index (χ2v) is 8.11. The standard InChI is InChI=1S/C20H24N4OS/c1-13-15(10-23(3)22-13)12-24-9-8-14(11-24)18-16-6-4-5-7-17(16)26-19(18)20(25)21-2/h4-7,10,14H,8-9,11-12H2,1-3H3,(H,21,25). The molecule has 136 valence electrons. The van der Waals surface area contributed by atoms with Crippen LogP contribution in [-0.2, 0) is 13.6 Å². The molecule has 1 fully saturated rings. The first-order chi connectivity index (χ1) is 12.6. The Kier molecular flexibility index (Phi) is 4.54. The van der Waals surface area contributed by atoms with Crippen molar-refractivity contribution in [1.82, 2.24) is 20.0 Å². The quantitative estimate of drug-likeness (QED) is 0.769. The Labute approximate surface area is 157 Å². The number of carbonyl (C=O) groups excluding carboxylic acids is 1. The molecule has 3 heterocycles. The number of hydrogen-bond donors (Lipinski definition) is 1. The minimum atomic E-state index is 0.0303. The number of carbonyl (C=O) groups is 1. The molecule has 2 aromatic heterocycles. The largest absolute Gasteiger partial charge is 0.354 e. The van der Waals surface area contributed by atoms with E-state index in [1.807, 2.05) is 17.8 Å². The maximum atomic E-state index is 12.5. The summed E-state index contributed by atoms with van der Waals surface area (Å²) in [6, 6.07) is 8.38. The summed E-state index contributed by atoms with van der Waals surface area (Å²) in [5.74, 6) is 0.429. The van der Waals surface area contributed by atoms with Gasteiger partial charge >= 0.3 is 0 Å². The summed E-state index contributed by atoms with van der Waals surface area (Å²) >= 11 is 1.61. The third kappa shape index (κ3) is 3.04. The Morgan fingerprint density at radius 1 is 1.38 bits per heavy atom. The number of rotatable bonds is 4. The lowest BCUT2D eigenvalue weighted by molar-refractivity contribution is 0.0966. The van der Waals surface area contributed by atoms with E-state index >= 15 is 0 Å². The van der Waals surface area contributed by atoms with Crippen LogP contribution in [0.5, 0.6) is 0 Å². The smallest absolute Gasteiger partial charge is 0.261 e. The molecular weight excluding hydrogens is 344 g/mol. The maximum Gasteiger partial charge on any atom is 0.261 e. The van der Waals surface area contributed by atoms with Crippen LogP contribution in [0.3, 0.4) is 0 Å². The van der Waals surface area contributed by atoms with Crippen LogP contribution in [0.2, 0.25) is 0 Å². The number of fused-ring (bicyclic) bond motifs is 1. The third-order valence-electron chi connectivity index (χ3n) is 5.26. The van der Waals surface area contributed by atoms with Gasteiger partial charge in [0, 0.05) is 49.6 Å². The number of aromatic nitrogens is 2. The lowest BCUT2D eigenvalue weighted by Gasteiger charge is -2.16. The zero-order chi connectivity index (χ0) is 18.3. The molecule has 1 amide bonds. The number of likely N-dealkylation sites (tertiary alicyclic amines) is 1. The summed E-state index contributed by atoms with van der Waals surface area (Å²) < 4.78 is 3.08. The van der Waals surface area contributed by atoms with Crippen molar-refractivity contribution in [3.63, 3.8) is 0 Å². The van der Waals surface area contributed by atoms with E-state index < -0.39 is 0 Å². The third-order valence-corrected chi connectivity index (χ3v) is 6.44. The molecule has 1 aliphatic heterocycles. The van der Waals surface area contributed by atoms with E-state index in [0.29, 0.717) is 5.92 Å². The van der Waals surface area contributed by atoms with Crippen molar-refractivity contribution in [2.75, 3.05) is 20.1 Å². The SMILES string of the molecule is CNC(=O)c1sc2ccccc2c1C1CCN(Cc2cn(C)nc2C)C1. The van der Waals surface area contributed by atoms with Crippen LogP contribution in [0.15, 0.2) is 30.5 Å². The van der Waals surface area contributed by atoms with Crippen LogP contribution >= 0.6 is 11.3 Å². The van der Waals surface area contributed by atoms with Crippen LogP contribution in [0.1, 0.15) is 38.8 Å². The molecule has 6 heteroatoms. The molecule has 1 unspecified atom stereocenters. The Balaban J connectivity index is 1.62. The van der Waals surface area contributed by atoms with Crippen LogP contribution < -0.4 is 5.32 Å². The predicted octanol–water partition coefficient (Wildman–Crippen LogP) is 3.29. The highest BCUT2D eigenvalue weighted by Crippen LogP contribution is 2.40. The van der Waals surface area contributed by atoms with Crippen LogP contribution in [0, 0.1) is 6.92 Å². The van der Waals surface area contributed by atoms with Gasteiger partial charge in [-0.3, -0.25) is 14.4 Å². The van der Waals surface area contributed by atoms with Crippen molar-refractivity contribution >= 4 is 27.3 Å². The monoisotopic (exact) mass is 368 g/mol. The predicted molar refractivity (Wildman–Crippen MR) is 106 cm³/mol. The van der Waals surface area contributed by atoms with E-state index in [0.717, 1.165) is 36.6 Å². The molecular formula is C20H24N4OS. The first-order valence-corrected chi connectivity index (χ1v) is 9.83. The second kappa shape index (κ2) is 6.85. The zero-order valence-corrected chi connectivity index (χ0v) is 16.3. The van der Waals surface area contributed by atoms with Gasteiger partial charge in [0.15, 0.2) is 0 Å². The molecule has 3 aromatic rings. The molecule has 1 N–H and O–H groups in total. The van der Waals surface area contributed by atoms with E-state index in [9.17, 15) is 4.79 Å². The molecule has 0 bridgehead atoms. The highest BCUT2D eigenvalue weighted by atomic mass is 32.1. The number of benzene rings is 1. The minimum Gasteiger partial charge on any atom is -0.354 e. The lowest BCUT2D eigenvalue weighted by atomic mass is 9.95. The lowest BCUT2D eigenvalue weighted by Crippen LogP contribution is -2.21. The highest BCUT2D eigenvalue weighted by Gasteiger charge is 2.30. The molecule has 0 spiro atoms. The molecule has 1 aliphatic rings. The van der Waals surface area contributed by atoms with Gasteiger partial charge < -0.3 is 5.32 Å². The molecule has 0 saturated carbocycles. The summed E-state index contributed by atoms with van der Waals surface area (Å²) in [5.41, 5.74) is 3.62. The average molecular weight is 369 g/mol. The van der Waals surface area contributed by atoms with Gasteiger partial charge in [-0.05, 0) is 36.9 Å². The van der Waals surface area contributed by atoms with E-state index in [4.69, 9.17) is 0 Å². The van der Waals surface area contributed by atoms with E-state index in [1.165, 1.54) is 21.2 Å². The Bertz CT molecular complexity index is 958. The van der Waals surface area contributed by atoms with Gasteiger partial charge in [-0.1, -0.05) is 18.2 Å². The van der Waals surface area contributed by atoms with Crippen molar-refractivity contribution in [2.45, 2.75) is 25.8 Å². The average Bonchev–Trinajstić information content (AvgIpc) is 3.31. The van der Waals surface area contributed by atoms with Crippen molar-refractivity contribution in [2.24, 2.45) is 7.05 Å². The molecule has 0 aliphatic carbocycles. The van der Waals surface area contributed by atoms with Gasteiger partial charge in [0.1, 0.15) is 0 Å². The van der Waals surface area contributed by atoms with E-state index in [-0.39, 0.29) is 5.91 Å². The van der Waals surface area contributed by atoms with E-state index in [2.05, 4.69) is 46.6 Å². The van der Waals surface area contributed by atoms with Crippen LogP contribution in [0.4, 0.5) is 0 Å². The fourth-order valence-corrected chi connectivity index (χ4v) is 5.25. The van der Waals surface area contributed by atoms with Crippen molar-refractivity contribution in [3.05, 3.63) is 52.2 Å². The van der Waals surface area contributed by atoms with Crippen LogP contribution in [0.25, 0.3) is 10.1 Å². The van der Waals surface area contributed by atoms with E-state index in [1.54, 1.807) is 18.4 Å². The Morgan fingerprint density at radius 2 is 2.19 bits per heavy atom. The number of nitrogens with one attached hydrogen (secondary N) is 1. The summed E-state index contributed by atoms with van der Waals surface area (Å²) in [7, 11) is 3.68. The summed E-state index contributed by atoms with van der Waals surface area (Å²) in [5, 5.41) is 8.50. The Morgan fingerprint density at radius 3 is 2.92 bits per heavy atom. The van der Waals surface area contributed by atoms with Gasteiger partial charge in [0.2, 0.25) is 0 Å². The van der Waals surface area contributed by atoms with Gasteiger partial charge in [-0.15, -0.1) is 11.3 Å². The molecule has 0 radical (unpaired) electrons. The van der Waals surface area contributed by atoms with Gasteiger partial charge in [-0.2, -0.15) is 5.10 Å². The molecule has 26 heavy (non-hydrogen) atoms. The molecule has 1 atom stereocenters. The molecule has 5 nitrogen and oxygen atoms in total. The maximum absolute atomic E-state index is 12.5. The summed E-state index contributed by atoms with van der Waals surface area (Å²) in [4.78, 5) is 15.8. The number of hydrogen-bond acceptors (Lipinski definition) is 4. The molecule has 1 aromatic carbocycles. The fraction of sp³-hybridized carbons (Fsp3) is 0.400. The van der Waals surface area contributed by atoms with Crippen molar-refractivity contribution in [1.29, 1.82) is 0 Å². The molecule has 4 rings (SSSR count). The fourth-order valence-electron chi connectivity index (χ4n) is 4.01. The van der Waals surface area contributed by atoms with Crippen molar-refractivity contribution in [3.8, 4) is 0 Å². The normalized spacial score (nSPS) is 17.9. The number of nitrogens with zero attached hydrogens (tertiary/aromatic N) is 3. The topological polar surface area (TPSA) is 50.2 Å². The summed E-state index contributed by atoms with van der Waals surface area (Å²) in [6.45, 7) is 5.03. The van der Waals surface area contributed by atoms with Gasteiger partial charge in [-0.25, -0.2) is 0 Å². The van der Waals surface area contributed by atoms with Crippen LogP contribution in [-0.4, -0.2) is 40.7 Å². The first kappa shape index (κ1) is 17.2.